The van der Waals surface area contributed by atoms with Crippen molar-refractivity contribution < 1.29 is 9.32 Å². The average molecular weight is 325 g/mol. The van der Waals surface area contributed by atoms with Gasteiger partial charge < -0.3 is 14.3 Å². The molecule has 1 atom stereocenters. The molecule has 1 fully saturated rings. The minimum atomic E-state index is 0.0295. The summed E-state index contributed by atoms with van der Waals surface area (Å²) in [7, 11) is 0. The normalized spacial score (nSPS) is 20.8. The summed E-state index contributed by atoms with van der Waals surface area (Å²) in [5.41, 5.74) is 2.81. The number of anilines is 1. The first kappa shape index (κ1) is 15.2. The minimum Gasteiger partial charge on any atom is -0.368 e. The molecule has 1 saturated heterocycles. The lowest BCUT2D eigenvalue weighted by molar-refractivity contribution is 0.0735. The number of benzene rings is 1. The molecule has 5 heteroatoms. The molecular weight excluding hydrogens is 302 g/mol. The molecule has 2 heterocycles. The zero-order chi connectivity index (χ0) is 16.5. The second-order valence-corrected chi connectivity index (χ2v) is 6.90. The number of aryl methyl sites for hydroxylation is 1. The molecule has 0 bridgehead atoms. The molecule has 1 aromatic heterocycles. The van der Waals surface area contributed by atoms with Gasteiger partial charge in [0, 0.05) is 43.9 Å². The van der Waals surface area contributed by atoms with Crippen LogP contribution in [-0.4, -0.2) is 42.1 Å². The number of para-hydroxylation sites is 1. The van der Waals surface area contributed by atoms with Crippen LogP contribution in [0.3, 0.4) is 0 Å². The summed E-state index contributed by atoms with van der Waals surface area (Å²) in [6, 6.07) is 10.4. The minimum absolute atomic E-state index is 0.0295. The van der Waals surface area contributed by atoms with Crippen molar-refractivity contribution in [2.75, 3.05) is 31.1 Å². The van der Waals surface area contributed by atoms with E-state index in [2.05, 4.69) is 41.2 Å². The lowest BCUT2D eigenvalue weighted by Crippen LogP contribution is -2.49. The van der Waals surface area contributed by atoms with Crippen molar-refractivity contribution in [1.82, 2.24) is 10.1 Å². The van der Waals surface area contributed by atoms with Gasteiger partial charge in [0.25, 0.3) is 5.91 Å². The third-order valence-corrected chi connectivity index (χ3v) is 5.18. The van der Waals surface area contributed by atoms with E-state index in [4.69, 9.17) is 4.52 Å². The van der Waals surface area contributed by atoms with Gasteiger partial charge in [0.15, 0.2) is 5.69 Å². The van der Waals surface area contributed by atoms with E-state index in [1.807, 2.05) is 11.0 Å². The SMILES string of the molecule is C[C@H]1CCc2onc(C(=O)N3CCN(c4ccccc4)CC3)c2C1. The van der Waals surface area contributed by atoms with Gasteiger partial charge in [0.1, 0.15) is 5.76 Å². The summed E-state index contributed by atoms with van der Waals surface area (Å²) in [6.45, 7) is 5.39. The number of amides is 1. The summed E-state index contributed by atoms with van der Waals surface area (Å²) >= 11 is 0. The van der Waals surface area contributed by atoms with Crippen LogP contribution in [0.4, 0.5) is 5.69 Å². The second-order valence-electron chi connectivity index (χ2n) is 6.90. The highest BCUT2D eigenvalue weighted by Crippen LogP contribution is 2.28. The Morgan fingerprint density at radius 1 is 1.17 bits per heavy atom. The Labute approximate surface area is 142 Å². The highest BCUT2D eigenvalue weighted by Gasteiger charge is 2.30. The Hall–Kier alpha value is -2.30. The quantitative estimate of drug-likeness (QED) is 0.852. The zero-order valence-corrected chi connectivity index (χ0v) is 14.1. The van der Waals surface area contributed by atoms with Crippen molar-refractivity contribution >= 4 is 11.6 Å². The summed E-state index contributed by atoms with van der Waals surface area (Å²) in [5, 5.41) is 4.10. The van der Waals surface area contributed by atoms with E-state index < -0.39 is 0 Å². The van der Waals surface area contributed by atoms with Crippen LogP contribution in [0.5, 0.6) is 0 Å². The van der Waals surface area contributed by atoms with E-state index in [1.54, 1.807) is 0 Å². The molecular formula is C19H23N3O2. The van der Waals surface area contributed by atoms with Crippen LogP contribution in [0.1, 0.15) is 35.2 Å². The van der Waals surface area contributed by atoms with Crippen molar-refractivity contribution in [2.24, 2.45) is 5.92 Å². The van der Waals surface area contributed by atoms with Crippen LogP contribution >= 0.6 is 0 Å². The predicted octanol–water partition coefficient (Wildman–Crippen LogP) is 2.76. The average Bonchev–Trinajstić information content (AvgIpc) is 3.05. The van der Waals surface area contributed by atoms with Gasteiger partial charge in [-0.1, -0.05) is 30.3 Å². The van der Waals surface area contributed by atoms with Crippen molar-refractivity contribution in [1.29, 1.82) is 0 Å². The van der Waals surface area contributed by atoms with Gasteiger partial charge in [-0.3, -0.25) is 4.79 Å². The van der Waals surface area contributed by atoms with E-state index in [1.165, 1.54) is 5.69 Å². The second kappa shape index (κ2) is 6.30. The largest absolute Gasteiger partial charge is 0.368 e. The van der Waals surface area contributed by atoms with Crippen molar-refractivity contribution in [3.63, 3.8) is 0 Å². The summed E-state index contributed by atoms with van der Waals surface area (Å²) in [5.74, 6) is 1.54. The molecule has 1 amide bonds. The lowest BCUT2D eigenvalue weighted by atomic mass is 9.88. The molecule has 0 unspecified atom stereocenters. The van der Waals surface area contributed by atoms with Gasteiger partial charge in [-0.2, -0.15) is 0 Å². The molecule has 2 aliphatic rings. The maximum Gasteiger partial charge on any atom is 0.276 e. The number of hydrogen-bond donors (Lipinski definition) is 0. The summed E-state index contributed by atoms with van der Waals surface area (Å²) in [6.07, 6.45) is 2.92. The lowest BCUT2D eigenvalue weighted by Gasteiger charge is -2.36. The molecule has 1 aliphatic carbocycles. The highest BCUT2D eigenvalue weighted by molar-refractivity contribution is 5.94. The zero-order valence-electron chi connectivity index (χ0n) is 14.1. The Morgan fingerprint density at radius 3 is 2.67 bits per heavy atom. The fourth-order valence-electron chi connectivity index (χ4n) is 3.70. The number of carbonyl (C=O) groups excluding carboxylic acids is 1. The predicted molar refractivity (Wildman–Crippen MR) is 92.3 cm³/mol. The van der Waals surface area contributed by atoms with Crippen LogP contribution in [0.25, 0.3) is 0 Å². The van der Waals surface area contributed by atoms with Gasteiger partial charge in [0.05, 0.1) is 0 Å². The highest BCUT2D eigenvalue weighted by atomic mass is 16.5. The Morgan fingerprint density at radius 2 is 1.92 bits per heavy atom. The van der Waals surface area contributed by atoms with Crippen LogP contribution in [0.2, 0.25) is 0 Å². The van der Waals surface area contributed by atoms with E-state index in [9.17, 15) is 4.79 Å². The smallest absolute Gasteiger partial charge is 0.276 e. The standard InChI is InChI=1S/C19H23N3O2/c1-14-7-8-17-16(13-14)18(20-24-17)19(23)22-11-9-21(10-12-22)15-5-3-2-4-6-15/h2-6,14H,7-13H2,1H3/t14-/m0/s1. The van der Waals surface area contributed by atoms with Gasteiger partial charge in [-0.05, 0) is 30.9 Å². The molecule has 4 rings (SSSR count). The van der Waals surface area contributed by atoms with E-state index in [0.29, 0.717) is 11.6 Å². The molecule has 24 heavy (non-hydrogen) atoms. The molecule has 1 aliphatic heterocycles. The number of piperazine rings is 1. The first-order chi connectivity index (χ1) is 11.7. The van der Waals surface area contributed by atoms with E-state index in [0.717, 1.165) is 56.8 Å². The Kier molecular flexibility index (Phi) is 4.00. The molecule has 5 nitrogen and oxygen atoms in total. The number of hydrogen-bond acceptors (Lipinski definition) is 4. The number of rotatable bonds is 2. The number of aromatic nitrogens is 1. The molecule has 0 N–H and O–H groups in total. The fourth-order valence-corrected chi connectivity index (χ4v) is 3.70. The fraction of sp³-hybridized carbons (Fsp3) is 0.474. The number of carbonyl (C=O) groups is 1. The van der Waals surface area contributed by atoms with Crippen LogP contribution in [0.15, 0.2) is 34.9 Å². The maximum atomic E-state index is 12.9. The molecule has 1 aromatic carbocycles. The molecule has 0 spiro atoms. The van der Waals surface area contributed by atoms with E-state index in [-0.39, 0.29) is 5.91 Å². The van der Waals surface area contributed by atoms with E-state index >= 15 is 0 Å². The van der Waals surface area contributed by atoms with Gasteiger partial charge in [-0.25, -0.2) is 0 Å². The molecule has 0 radical (unpaired) electrons. The van der Waals surface area contributed by atoms with Crippen molar-refractivity contribution in [2.45, 2.75) is 26.2 Å². The number of fused-ring (bicyclic) bond motifs is 1. The first-order valence-corrected chi connectivity index (χ1v) is 8.79. The van der Waals surface area contributed by atoms with Crippen LogP contribution in [0, 0.1) is 5.92 Å². The molecule has 2 aromatic rings. The topological polar surface area (TPSA) is 49.6 Å². The Balaban J connectivity index is 1.45. The Bertz CT molecular complexity index is 717. The van der Waals surface area contributed by atoms with Gasteiger partial charge in [0.2, 0.25) is 0 Å². The third-order valence-electron chi connectivity index (χ3n) is 5.18. The van der Waals surface area contributed by atoms with Gasteiger partial charge in [-0.15, -0.1) is 0 Å². The van der Waals surface area contributed by atoms with Crippen molar-refractivity contribution in [3.05, 3.63) is 47.3 Å². The monoisotopic (exact) mass is 325 g/mol. The molecule has 0 saturated carbocycles. The van der Waals surface area contributed by atoms with Crippen molar-refractivity contribution in [3.8, 4) is 0 Å². The molecule has 126 valence electrons. The summed E-state index contributed by atoms with van der Waals surface area (Å²) in [4.78, 5) is 17.1. The van der Waals surface area contributed by atoms with Gasteiger partial charge >= 0.3 is 0 Å². The summed E-state index contributed by atoms with van der Waals surface area (Å²) < 4.78 is 5.43. The van der Waals surface area contributed by atoms with Crippen LogP contribution < -0.4 is 4.90 Å². The van der Waals surface area contributed by atoms with Crippen LogP contribution in [-0.2, 0) is 12.8 Å². The maximum absolute atomic E-state index is 12.9. The third kappa shape index (κ3) is 2.79. The number of nitrogens with zero attached hydrogens (tertiary/aromatic N) is 3. The first-order valence-electron chi connectivity index (χ1n) is 8.79.